The molecule has 0 aliphatic heterocycles. The first-order chi connectivity index (χ1) is 10.8. The highest BCUT2D eigenvalue weighted by Crippen LogP contribution is 2.31. The normalized spacial score (nSPS) is 12.1. The third-order valence-electron chi connectivity index (χ3n) is 2.13. The molecule has 7 nitrogen and oxygen atoms in total. The maximum atomic E-state index is 12.0. The van der Waals surface area contributed by atoms with Crippen LogP contribution in [0.4, 0.5) is 19.0 Å². The van der Waals surface area contributed by atoms with Crippen LogP contribution in [0.25, 0.3) is 0 Å². The van der Waals surface area contributed by atoms with E-state index >= 15 is 0 Å². The van der Waals surface area contributed by atoms with E-state index in [0.717, 1.165) is 5.69 Å². The molecule has 0 radical (unpaired) electrons. The van der Waals surface area contributed by atoms with Gasteiger partial charge in [0.2, 0.25) is 5.90 Å². The highest BCUT2D eigenvalue weighted by molar-refractivity contribution is 7.99. The van der Waals surface area contributed by atoms with E-state index in [1.165, 1.54) is 11.8 Å². The summed E-state index contributed by atoms with van der Waals surface area (Å²) in [6.07, 6.45) is 0.165. The molecule has 128 valence electrons. The summed E-state index contributed by atoms with van der Waals surface area (Å²) in [5.74, 6) is 5.99. The van der Waals surface area contributed by atoms with Crippen LogP contribution in [0.3, 0.4) is 0 Å². The van der Waals surface area contributed by atoms with Crippen LogP contribution in [-0.4, -0.2) is 28.1 Å². The number of hydrogen-bond acceptors (Lipinski definition) is 7. The van der Waals surface area contributed by atoms with Crippen molar-refractivity contribution in [2.24, 2.45) is 26.8 Å². The van der Waals surface area contributed by atoms with E-state index in [1.807, 2.05) is 0 Å². The molecule has 23 heavy (non-hydrogen) atoms. The molecule has 1 heterocycles. The Labute approximate surface area is 139 Å². The lowest BCUT2D eigenvalue weighted by atomic mass is 10.4. The van der Waals surface area contributed by atoms with E-state index in [4.69, 9.17) is 17.4 Å². The Morgan fingerprint density at radius 3 is 2.65 bits per heavy atom. The van der Waals surface area contributed by atoms with Crippen molar-refractivity contribution in [2.45, 2.75) is 17.7 Å². The van der Waals surface area contributed by atoms with E-state index in [1.54, 1.807) is 18.2 Å². The number of hydrogen-bond donors (Lipinski definition) is 3. The second-order valence-electron chi connectivity index (χ2n) is 3.97. The number of alkyl halides is 3. The highest BCUT2D eigenvalue weighted by atomic mass is 32.2. The van der Waals surface area contributed by atoms with Crippen molar-refractivity contribution in [3.05, 3.63) is 23.9 Å². The van der Waals surface area contributed by atoms with Crippen molar-refractivity contribution in [1.82, 2.24) is 4.98 Å². The number of aliphatic imine (C=N–C) groups is 1. The minimum Gasteiger partial charge on any atom is -0.395 e. The van der Waals surface area contributed by atoms with Crippen LogP contribution in [0.2, 0.25) is 0 Å². The van der Waals surface area contributed by atoms with Gasteiger partial charge < -0.3 is 16.3 Å². The Hall–Kier alpha value is -1.66. The molecule has 0 aromatic carbocycles. The summed E-state index contributed by atoms with van der Waals surface area (Å²) >= 11 is 0.882. The molecule has 12 heteroatoms. The number of halogens is 3. The molecule has 0 atom stereocenters. The van der Waals surface area contributed by atoms with Crippen molar-refractivity contribution in [2.75, 3.05) is 5.75 Å². The lowest BCUT2D eigenvalue weighted by Crippen LogP contribution is -2.22. The van der Waals surface area contributed by atoms with Gasteiger partial charge in [-0.25, -0.2) is 4.98 Å². The fourth-order valence-electron chi connectivity index (χ4n) is 1.31. The average molecular weight is 368 g/mol. The van der Waals surface area contributed by atoms with Crippen LogP contribution < -0.4 is 17.4 Å². The molecule has 0 unspecified atom stereocenters. The number of aromatic nitrogens is 1. The van der Waals surface area contributed by atoms with Crippen LogP contribution >= 0.6 is 23.7 Å². The van der Waals surface area contributed by atoms with Gasteiger partial charge in [-0.05, 0) is 12.1 Å². The van der Waals surface area contributed by atoms with E-state index < -0.39 is 17.5 Å². The highest BCUT2D eigenvalue weighted by Gasteiger charge is 2.29. The first-order valence-electron chi connectivity index (χ1n) is 6.12. The molecule has 0 saturated heterocycles. The Balaban J connectivity index is 2.43. The number of thioether (sulfide) groups is 1. The minimum absolute atomic E-state index is 0.0922. The molecule has 1 aromatic rings. The maximum absolute atomic E-state index is 12.0. The van der Waals surface area contributed by atoms with Gasteiger partial charge in [-0.15, -0.1) is 0 Å². The van der Waals surface area contributed by atoms with Crippen molar-refractivity contribution in [3.8, 4) is 0 Å². The standard InChI is InChI=1S/C11H15F3N6OS2/c12-11(13,14)23-20-9(21-17)4-5-22-6-7-2-1-3-8(18-7)19-10(15)16/h1-3H,4-6,17H2,(H4,15,16,18,19)/b20-9-. The monoisotopic (exact) mass is 368 g/mol. The van der Waals surface area contributed by atoms with Gasteiger partial charge in [-0.1, -0.05) is 6.07 Å². The van der Waals surface area contributed by atoms with Gasteiger partial charge in [0.1, 0.15) is 0 Å². The van der Waals surface area contributed by atoms with E-state index in [0.29, 0.717) is 17.3 Å². The van der Waals surface area contributed by atoms with Crippen LogP contribution in [0, 0.1) is 0 Å². The molecule has 0 aliphatic rings. The SMILES string of the molecule is NO/C(CCSCc1cccc(N=C(N)N)n1)=N\SC(F)(F)F. The van der Waals surface area contributed by atoms with Gasteiger partial charge in [-0.2, -0.15) is 40.2 Å². The van der Waals surface area contributed by atoms with Crippen LogP contribution in [0.15, 0.2) is 27.6 Å². The molecule has 0 bridgehead atoms. The molecule has 0 amide bonds. The van der Waals surface area contributed by atoms with Gasteiger partial charge in [0, 0.05) is 17.9 Å². The van der Waals surface area contributed by atoms with Gasteiger partial charge in [-0.3, -0.25) is 0 Å². The van der Waals surface area contributed by atoms with Gasteiger partial charge >= 0.3 is 5.51 Å². The predicted molar refractivity (Wildman–Crippen MR) is 86.8 cm³/mol. The fourth-order valence-corrected chi connectivity index (χ4v) is 2.48. The van der Waals surface area contributed by atoms with Crippen LogP contribution in [0.5, 0.6) is 0 Å². The first-order valence-corrected chi connectivity index (χ1v) is 8.05. The predicted octanol–water partition coefficient (Wildman–Crippen LogP) is 2.07. The molecule has 1 rings (SSSR count). The zero-order valence-corrected chi connectivity index (χ0v) is 13.4. The van der Waals surface area contributed by atoms with E-state index in [-0.39, 0.29) is 18.3 Å². The third kappa shape index (κ3) is 9.15. The summed E-state index contributed by atoms with van der Waals surface area (Å²) in [6.45, 7) is 0. The van der Waals surface area contributed by atoms with E-state index in [2.05, 4.69) is 19.2 Å². The summed E-state index contributed by atoms with van der Waals surface area (Å²) in [5.41, 5.74) is 6.80. The summed E-state index contributed by atoms with van der Waals surface area (Å²) in [7, 11) is 0. The summed E-state index contributed by atoms with van der Waals surface area (Å²) in [6, 6.07) is 5.18. The van der Waals surface area contributed by atoms with Crippen molar-refractivity contribution >= 4 is 41.4 Å². The molecule has 0 spiro atoms. The Kier molecular flexibility index (Phi) is 7.98. The lowest BCUT2D eigenvalue weighted by molar-refractivity contribution is -0.0328. The summed E-state index contributed by atoms with van der Waals surface area (Å²) < 4.78 is 39.2. The number of rotatable bonds is 7. The van der Waals surface area contributed by atoms with Crippen molar-refractivity contribution in [3.63, 3.8) is 0 Å². The quantitative estimate of drug-likeness (QED) is 0.221. The molecule has 0 fully saturated rings. The maximum Gasteiger partial charge on any atom is 0.463 e. The second kappa shape index (κ2) is 9.47. The molecular formula is C11H15F3N6OS2. The van der Waals surface area contributed by atoms with Crippen LogP contribution in [-0.2, 0) is 10.6 Å². The Morgan fingerprint density at radius 1 is 1.30 bits per heavy atom. The van der Waals surface area contributed by atoms with Gasteiger partial charge in [0.05, 0.1) is 17.6 Å². The van der Waals surface area contributed by atoms with Crippen molar-refractivity contribution in [1.29, 1.82) is 0 Å². The molecule has 6 N–H and O–H groups in total. The third-order valence-corrected chi connectivity index (χ3v) is 3.63. The molecule has 0 saturated carbocycles. The number of guanidine groups is 1. The second-order valence-corrected chi connectivity index (χ2v) is 5.90. The average Bonchev–Trinajstić information content (AvgIpc) is 2.45. The number of pyridine rings is 1. The van der Waals surface area contributed by atoms with Crippen LogP contribution in [0.1, 0.15) is 12.1 Å². The number of nitrogens with zero attached hydrogens (tertiary/aromatic N) is 3. The lowest BCUT2D eigenvalue weighted by Gasteiger charge is -2.05. The zero-order valence-electron chi connectivity index (χ0n) is 11.8. The Morgan fingerprint density at radius 2 is 2.04 bits per heavy atom. The first kappa shape index (κ1) is 19.4. The van der Waals surface area contributed by atoms with Crippen molar-refractivity contribution < 1.29 is 18.0 Å². The Bertz CT molecular complexity index is 563. The van der Waals surface area contributed by atoms with E-state index in [9.17, 15) is 13.2 Å². The summed E-state index contributed by atoms with van der Waals surface area (Å²) in [5, 5.41) is 0. The molecular weight excluding hydrogens is 353 g/mol. The zero-order chi connectivity index (χ0) is 17.3. The number of nitrogens with two attached hydrogens (primary N) is 3. The molecule has 0 aliphatic carbocycles. The molecule has 1 aromatic heterocycles. The largest absolute Gasteiger partial charge is 0.463 e. The fraction of sp³-hybridized carbons (Fsp3) is 0.364. The minimum atomic E-state index is -4.47. The van der Waals surface area contributed by atoms with Gasteiger partial charge in [0.15, 0.2) is 11.8 Å². The van der Waals surface area contributed by atoms with Gasteiger partial charge in [0.25, 0.3) is 0 Å². The smallest absolute Gasteiger partial charge is 0.395 e. The topological polar surface area (TPSA) is 125 Å². The summed E-state index contributed by atoms with van der Waals surface area (Å²) in [4.78, 5) is 12.4.